The van der Waals surface area contributed by atoms with Gasteiger partial charge >= 0.3 is 0 Å². The van der Waals surface area contributed by atoms with E-state index in [0.29, 0.717) is 0 Å². The molecule has 0 atom stereocenters. The second-order valence-electron chi connectivity index (χ2n) is 3.80. The summed E-state index contributed by atoms with van der Waals surface area (Å²) in [4.78, 5) is 16.2. The minimum absolute atomic E-state index is 0.0242. The third kappa shape index (κ3) is 1.08. The van der Waals surface area contributed by atoms with E-state index in [9.17, 15) is 4.79 Å². The lowest BCUT2D eigenvalue weighted by Gasteiger charge is -2.07. The van der Waals surface area contributed by atoms with Gasteiger partial charge in [-0.15, -0.1) is 0 Å². The summed E-state index contributed by atoms with van der Waals surface area (Å²) >= 11 is 0. The standard InChI is InChI=1S/C13H10N2O/c1-15-12-5-3-2-4-9(12)11-8-14-7-6-10(11)13(15)16/h2-8H,1H3. The second-order valence-corrected chi connectivity index (χ2v) is 3.80. The van der Waals surface area contributed by atoms with E-state index in [0.717, 1.165) is 21.7 Å². The van der Waals surface area contributed by atoms with Crippen molar-refractivity contribution in [1.82, 2.24) is 9.55 Å². The third-order valence-corrected chi connectivity index (χ3v) is 2.91. The summed E-state index contributed by atoms with van der Waals surface area (Å²) in [7, 11) is 1.80. The highest BCUT2D eigenvalue weighted by Gasteiger charge is 2.06. The molecule has 16 heavy (non-hydrogen) atoms. The SMILES string of the molecule is Cn1c(=O)c2ccncc2c2ccccc21. The first-order chi connectivity index (χ1) is 7.79. The Balaban J connectivity index is 2.74. The van der Waals surface area contributed by atoms with E-state index in [1.54, 1.807) is 30.1 Å². The summed E-state index contributed by atoms with van der Waals surface area (Å²) < 4.78 is 1.68. The molecular weight excluding hydrogens is 200 g/mol. The number of pyridine rings is 2. The summed E-state index contributed by atoms with van der Waals surface area (Å²) in [6.45, 7) is 0. The third-order valence-electron chi connectivity index (χ3n) is 2.91. The van der Waals surface area contributed by atoms with Crippen LogP contribution in [0.3, 0.4) is 0 Å². The van der Waals surface area contributed by atoms with Gasteiger partial charge in [0.15, 0.2) is 0 Å². The molecule has 3 aromatic rings. The van der Waals surface area contributed by atoms with E-state index in [1.807, 2.05) is 24.3 Å². The van der Waals surface area contributed by atoms with Crippen molar-refractivity contribution in [3.8, 4) is 0 Å². The molecule has 0 saturated heterocycles. The van der Waals surface area contributed by atoms with Crippen molar-refractivity contribution in [3.05, 3.63) is 53.1 Å². The topological polar surface area (TPSA) is 34.9 Å². The normalized spacial score (nSPS) is 11.1. The Labute approximate surface area is 92.0 Å². The van der Waals surface area contributed by atoms with E-state index in [1.165, 1.54) is 0 Å². The zero-order valence-electron chi connectivity index (χ0n) is 8.84. The quantitative estimate of drug-likeness (QED) is 0.532. The lowest BCUT2D eigenvalue weighted by atomic mass is 10.1. The molecule has 0 amide bonds. The van der Waals surface area contributed by atoms with Gasteiger partial charge in [0.2, 0.25) is 0 Å². The fraction of sp³-hybridized carbons (Fsp3) is 0.0769. The molecule has 0 bridgehead atoms. The molecule has 3 heteroatoms. The molecule has 0 unspecified atom stereocenters. The van der Waals surface area contributed by atoms with E-state index in [-0.39, 0.29) is 5.56 Å². The average Bonchev–Trinajstić information content (AvgIpc) is 2.36. The van der Waals surface area contributed by atoms with Gasteiger partial charge in [-0.3, -0.25) is 9.78 Å². The molecule has 2 aromatic heterocycles. The Bertz CT molecular complexity index is 744. The van der Waals surface area contributed by atoms with Crippen LogP contribution < -0.4 is 5.56 Å². The van der Waals surface area contributed by atoms with Crippen LogP contribution in [0.4, 0.5) is 0 Å². The zero-order chi connectivity index (χ0) is 11.1. The molecule has 0 aliphatic heterocycles. The second kappa shape index (κ2) is 3.17. The van der Waals surface area contributed by atoms with Gasteiger partial charge in [-0.05, 0) is 12.1 Å². The summed E-state index contributed by atoms with van der Waals surface area (Å²) in [5.74, 6) is 0. The number of benzene rings is 1. The molecular formula is C13H10N2O. The van der Waals surface area contributed by atoms with E-state index in [2.05, 4.69) is 4.98 Å². The summed E-state index contributed by atoms with van der Waals surface area (Å²) in [6, 6.07) is 9.63. The number of aromatic nitrogens is 2. The highest BCUT2D eigenvalue weighted by atomic mass is 16.1. The molecule has 0 spiro atoms. The molecule has 2 heterocycles. The zero-order valence-corrected chi connectivity index (χ0v) is 8.84. The van der Waals surface area contributed by atoms with Crippen LogP contribution in [-0.2, 0) is 7.05 Å². The van der Waals surface area contributed by atoms with Gasteiger partial charge in [0.05, 0.1) is 10.9 Å². The molecule has 0 aliphatic rings. The van der Waals surface area contributed by atoms with Crippen molar-refractivity contribution in [2.24, 2.45) is 7.05 Å². The molecule has 3 nitrogen and oxygen atoms in total. The maximum absolute atomic E-state index is 12.1. The predicted octanol–water partition coefficient (Wildman–Crippen LogP) is 2.09. The Hall–Kier alpha value is -2.16. The largest absolute Gasteiger partial charge is 0.311 e. The molecule has 3 rings (SSSR count). The molecule has 78 valence electrons. The summed E-state index contributed by atoms with van der Waals surface area (Å²) in [5.41, 5.74) is 0.962. The first kappa shape index (κ1) is 9.09. The first-order valence-electron chi connectivity index (χ1n) is 5.10. The molecule has 0 aliphatic carbocycles. The van der Waals surface area contributed by atoms with Crippen LogP contribution in [0.2, 0.25) is 0 Å². The maximum Gasteiger partial charge on any atom is 0.258 e. The Morgan fingerprint density at radius 2 is 1.88 bits per heavy atom. The predicted molar refractivity (Wildman–Crippen MR) is 64.5 cm³/mol. The number of aryl methyl sites for hydroxylation is 1. The lowest BCUT2D eigenvalue weighted by molar-refractivity contribution is 0.918. The van der Waals surface area contributed by atoms with Crippen LogP contribution in [0.15, 0.2) is 47.5 Å². The van der Waals surface area contributed by atoms with Crippen molar-refractivity contribution in [2.45, 2.75) is 0 Å². The van der Waals surface area contributed by atoms with Crippen LogP contribution >= 0.6 is 0 Å². The van der Waals surface area contributed by atoms with Crippen LogP contribution in [0.25, 0.3) is 21.7 Å². The summed E-state index contributed by atoms with van der Waals surface area (Å²) in [6.07, 6.45) is 3.40. The van der Waals surface area contributed by atoms with Gasteiger partial charge < -0.3 is 4.57 Å². The van der Waals surface area contributed by atoms with Crippen molar-refractivity contribution in [2.75, 3.05) is 0 Å². The maximum atomic E-state index is 12.1. The Morgan fingerprint density at radius 1 is 1.06 bits per heavy atom. The van der Waals surface area contributed by atoms with Crippen LogP contribution in [0, 0.1) is 0 Å². The number of rotatable bonds is 0. The van der Waals surface area contributed by atoms with Gasteiger partial charge in [0.25, 0.3) is 5.56 Å². The van der Waals surface area contributed by atoms with Gasteiger partial charge in [0.1, 0.15) is 0 Å². The Kier molecular flexibility index (Phi) is 1.80. The van der Waals surface area contributed by atoms with Gasteiger partial charge in [-0.25, -0.2) is 0 Å². The fourth-order valence-electron chi connectivity index (χ4n) is 2.08. The van der Waals surface area contributed by atoms with Gasteiger partial charge in [-0.1, -0.05) is 18.2 Å². The van der Waals surface area contributed by atoms with Crippen molar-refractivity contribution in [3.63, 3.8) is 0 Å². The van der Waals surface area contributed by atoms with Crippen LogP contribution in [0.5, 0.6) is 0 Å². The van der Waals surface area contributed by atoms with Crippen molar-refractivity contribution < 1.29 is 0 Å². The molecule has 0 saturated carbocycles. The van der Waals surface area contributed by atoms with Crippen molar-refractivity contribution >= 4 is 21.7 Å². The summed E-state index contributed by atoms with van der Waals surface area (Å²) in [5, 5.41) is 2.70. The van der Waals surface area contributed by atoms with E-state index >= 15 is 0 Å². The number of para-hydroxylation sites is 1. The minimum atomic E-state index is 0.0242. The number of hydrogen-bond acceptors (Lipinski definition) is 2. The molecule has 0 fully saturated rings. The van der Waals surface area contributed by atoms with E-state index < -0.39 is 0 Å². The van der Waals surface area contributed by atoms with Gasteiger partial charge in [0, 0.05) is 30.2 Å². The highest BCUT2D eigenvalue weighted by molar-refractivity contribution is 6.04. The Morgan fingerprint density at radius 3 is 2.75 bits per heavy atom. The van der Waals surface area contributed by atoms with Crippen LogP contribution in [0.1, 0.15) is 0 Å². The molecule has 1 aromatic carbocycles. The van der Waals surface area contributed by atoms with Gasteiger partial charge in [-0.2, -0.15) is 0 Å². The smallest absolute Gasteiger partial charge is 0.258 e. The highest BCUT2D eigenvalue weighted by Crippen LogP contribution is 2.20. The van der Waals surface area contributed by atoms with E-state index in [4.69, 9.17) is 0 Å². The monoisotopic (exact) mass is 210 g/mol. The molecule has 0 N–H and O–H groups in total. The molecule has 0 radical (unpaired) electrons. The van der Waals surface area contributed by atoms with Crippen molar-refractivity contribution in [1.29, 1.82) is 0 Å². The first-order valence-corrected chi connectivity index (χ1v) is 5.10. The number of hydrogen-bond donors (Lipinski definition) is 0. The lowest BCUT2D eigenvalue weighted by Crippen LogP contribution is -2.17. The minimum Gasteiger partial charge on any atom is -0.311 e. The number of nitrogens with zero attached hydrogens (tertiary/aromatic N) is 2. The fourth-order valence-corrected chi connectivity index (χ4v) is 2.08. The number of fused-ring (bicyclic) bond motifs is 3. The average molecular weight is 210 g/mol. The van der Waals surface area contributed by atoms with Crippen LogP contribution in [-0.4, -0.2) is 9.55 Å².